The van der Waals surface area contributed by atoms with Gasteiger partial charge in [0.1, 0.15) is 11.6 Å². The fraction of sp³-hybridized carbons (Fsp3) is 0.0435. The molecule has 0 aliphatic rings. The van der Waals surface area contributed by atoms with E-state index in [9.17, 15) is 4.39 Å². The molecular weight excluding hydrogens is 415 g/mol. The highest BCUT2D eigenvalue weighted by Gasteiger charge is 2.13. The van der Waals surface area contributed by atoms with Gasteiger partial charge in [0.25, 0.3) is 0 Å². The minimum atomic E-state index is -0.475. The molecule has 3 heterocycles. The molecule has 3 aromatic heterocycles. The summed E-state index contributed by atoms with van der Waals surface area (Å²) in [7, 11) is 1.88. The van der Waals surface area contributed by atoms with Gasteiger partial charge in [0.15, 0.2) is 5.82 Å². The number of nitrogens with zero attached hydrogens (tertiary/aromatic N) is 5. The van der Waals surface area contributed by atoms with E-state index in [1.165, 1.54) is 12.1 Å². The highest BCUT2D eigenvalue weighted by Crippen LogP contribution is 2.31. The van der Waals surface area contributed by atoms with Crippen molar-refractivity contribution < 1.29 is 4.39 Å². The lowest BCUT2D eigenvalue weighted by Gasteiger charge is -2.12. The van der Waals surface area contributed by atoms with Crippen LogP contribution in [0.2, 0.25) is 5.02 Å². The van der Waals surface area contributed by atoms with E-state index < -0.39 is 5.82 Å². The standard InChI is InChI=1S/C23H16ClFN6/c1-31-13-16(12-27-31)14-4-6-18-21(9-14)29-22(15-3-2-8-26-11-15)30-23(18)28-17-5-7-20(25)19(24)10-17/h2-13H,1H3,(H,28,29,30). The lowest BCUT2D eigenvalue weighted by Crippen LogP contribution is -2.00. The minimum Gasteiger partial charge on any atom is -0.340 e. The van der Waals surface area contributed by atoms with Crippen molar-refractivity contribution in [2.45, 2.75) is 0 Å². The summed E-state index contributed by atoms with van der Waals surface area (Å²) in [6, 6.07) is 14.1. The monoisotopic (exact) mass is 430 g/mol. The summed E-state index contributed by atoms with van der Waals surface area (Å²) in [4.78, 5) is 13.7. The third kappa shape index (κ3) is 3.83. The van der Waals surface area contributed by atoms with Crippen molar-refractivity contribution in [1.29, 1.82) is 0 Å². The van der Waals surface area contributed by atoms with E-state index in [0.29, 0.717) is 17.3 Å². The average Bonchev–Trinajstić information content (AvgIpc) is 3.23. The topological polar surface area (TPSA) is 68.5 Å². The molecule has 0 unspecified atom stereocenters. The van der Waals surface area contributed by atoms with Crippen LogP contribution >= 0.6 is 11.6 Å². The van der Waals surface area contributed by atoms with Crippen molar-refractivity contribution >= 4 is 34.0 Å². The summed E-state index contributed by atoms with van der Waals surface area (Å²) in [6.45, 7) is 0. The van der Waals surface area contributed by atoms with Gasteiger partial charge in [-0.15, -0.1) is 0 Å². The quantitative estimate of drug-likeness (QED) is 0.400. The SMILES string of the molecule is Cn1cc(-c2ccc3c(Nc4ccc(F)c(Cl)c4)nc(-c4cccnc4)nc3c2)cn1. The molecule has 0 fully saturated rings. The van der Waals surface area contributed by atoms with Crippen LogP contribution in [0, 0.1) is 5.82 Å². The molecule has 5 rings (SSSR count). The zero-order valence-corrected chi connectivity index (χ0v) is 17.2. The van der Waals surface area contributed by atoms with Crippen LogP contribution in [-0.2, 0) is 7.05 Å². The second-order valence-corrected chi connectivity index (χ2v) is 7.43. The average molecular weight is 431 g/mol. The van der Waals surface area contributed by atoms with Crippen molar-refractivity contribution in [1.82, 2.24) is 24.7 Å². The highest BCUT2D eigenvalue weighted by atomic mass is 35.5. The Morgan fingerprint density at radius 1 is 0.968 bits per heavy atom. The van der Waals surface area contributed by atoms with Crippen LogP contribution in [0.1, 0.15) is 0 Å². The first-order chi connectivity index (χ1) is 15.1. The van der Waals surface area contributed by atoms with E-state index in [-0.39, 0.29) is 5.02 Å². The van der Waals surface area contributed by atoms with Crippen molar-refractivity contribution in [2.75, 3.05) is 5.32 Å². The van der Waals surface area contributed by atoms with E-state index in [1.54, 1.807) is 23.1 Å². The Hall–Kier alpha value is -3.84. The van der Waals surface area contributed by atoms with Gasteiger partial charge >= 0.3 is 0 Å². The van der Waals surface area contributed by atoms with E-state index in [0.717, 1.165) is 27.6 Å². The lowest BCUT2D eigenvalue weighted by molar-refractivity contribution is 0.628. The molecule has 0 saturated heterocycles. The van der Waals surface area contributed by atoms with Crippen molar-refractivity contribution in [3.05, 3.63) is 84.2 Å². The molecule has 0 atom stereocenters. The smallest absolute Gasteiger partial charge is 0.163 e. The van der Waals surface area contributed by atoms with E-state index in [1.807, 2.05) is 49.8 Å². The zero-order chi connectivity index (χ0) is 21.4. The summed E-state index contributed by atoms with van der Waals surface area (Å²) >= 11 is 5.95. The predicted octanol–water partition coefficient (Wildman–Crippen LogP) is 5.63. The Morgan fingerprint density at radius 3 is 2.61 bits per heavy atom. The summed E-state index contributed by atoms with van der Waals surface area (Å²) in [5, 5.41) is 8.35. The molecule has 0 spiro atoms. The molecule has 31 heavy (non-hydrogen) atoms. The number of rotatable bonds is 4. The molecule has 1 N–H and O–H groups in total. The molecule has 5 aromatic rings. The van der Waals surface area contributed by atoms with Crippen LogP contribution in [0.15, 0.2) is 73.3 Å². The van der Waals surface area contributed by atoms with Gasteiger partial charge in [-0.05, 0) is 48.0 Å². The normalized spacial score (nSPS) is 11.1. The number of benzene rings is 2. The molecule has 0 bridgehead atoms. The highest BCUT2D eigenvalue weighted by molar-refractivity contribution is 6.31. The fourth-order valence-electron chi connectivity index (χ4n) is 3.31. The summed E-state index contributed by atoms with van der Waals surface area (Å²) in [6.07, 6.45) is 7.17. The molecule has 6 nitrogen and oxygen atoms in total. The molecule has 0 amide bonds. The van der Waals surface area contributed by atoms with Gasteiger partial charge in [-0.3, -0.25) is 9.67 Å². The number of hydrogen-bond acceptors (Lipinski definition) is 5. The number of aryl methyl sites for hydroxylation is 1. The number of nitrogens with one attached hydrogen (secondary N) is 1. The number of anilines is 2. The van der Waals surface area contributed by atoms with E-state index in [4.69, 9.17) is 21.6 Å². The Morgan fingerprint density at radius 2 is 1.87 bits per heavy atom. The molecule has 0 radical (unpaired) electrons. The Kier molecular flexibility index (Phi) is 4.80. The molecule has 0 aliphatic heterocycles. The van der Waals surface area contributed by atoms with Gasteiger partial charge in [0, 0.05) is 47.8 Å². The molecule has 2 aromatic carbocycles. The first-order valence-electron chi connectivity index (χ1n) is 9.50. The zero-order valence-electron chi connectivity index (χ0n) is 16.4. The number of pyridine rings is 1. The van der Waals surface area contributed by atoms with Crippen molar-refractivity contribution in [3.63, 3.8) is 0 Å². The maximum atomic E-state index is 13.6. The largest absolute Gasteiger partial charge is 0.340 e. The lowest BCUT2D eigenvalue weighted by atomic mass is 10.1. The molecule has 8 heteroatoms. The minimum absolute atomic E-state index is 0.0368. The van der Waals surface area contributed by atoms with Crippen LogP contribution in [0.4, 0.5) is 15.9 Å². The molecule has 152 valence electrons. The fourth-order valence-corrected chi connectivity index (χ4v) is 3.49. The number of fused-ring (bicyclic) bond motifs is 1. The van der Waals surface area contributed by atoms with Gasteiger partial charge in [0.05, 0.1) is 16.7 Å². The molecule has 0 saturated carbocycles. The van der Waals surface area contributed by atoms with E-state index in [2.05, 4.69) is 15.4 Å². The second-order valence-electron chi connectivity index (χ2n) is 7.03. The number of hydrogen-bond donors (Lipinski definition) is 1. The predicted molar refractivity (Wildman–Crippen MR) is 120 cm³/mol. The Bertz CT molecular complexity index is 1400. The molecular formula is C23H16ClFN6. The van der Waals surface area contributed by atoms with Crippen LogP contribution < -0.4 is 5.32 Å². The van der Waals surface area contributed by atoms with Gasteiger partial charge < -0.3 is 5.32 Å². The first kappa shape index (κ1) is 19.1. The van der Waals surface area contributed by atoms with Gasteiger partial charge in [-0.1, -0.05) is 17.7 Å². The van der Waals surface area contributed by atoms with Crippen molar-refractivity contribution in [2.24, 2.45) is 7.05 Å². The van der Waals surface area contributed by atoms with Crippen LogP contribution in [0.25, 0.3) is 33.4 Å². The van der Waals surface area contributed by atoms with E-state index >= 15 is 0 Å². The summed E-state index contributed by atoms with van der Waals surface area (Å²) < 4.78 is 15.3. The third-order valence-corrected chi connectivity index (χ3v) is 5.13. The van der Waals surface area contributed by atoms with Crippen LogP contribution in [-0.4, -0.2) is 24.7 Å². The summed E-state index contributed by atoms with van der Waals surface area (Å²) in [5.41, 5.74) is 4.15. The van der Waals surface area contributed by atoms with Crippen LogP contribution in [0.5, 0.6) is 0 Å². The van der Waals surface area contributed by atoms with Crippen LogP contribution in [0.3, 0.4) is 0 Å². The number of halogens is 2. The second kappa shape index (κ2) is 7.77. The van der Waals surface area contributed by atoms with Gasteiger partial charge in [0.2, 0.25) is 0 Å². The van der Waals surface area contributed by atoms with Gasteiger partial charge in [-0.2, -0.15) is 5.10 Å². The Balaban J connectivity index is 1.67. The first-order valence-corrected chi connectivity index (χ1v) is 9.88. The Labute approximate surface area is 182 Å². The van der Waals surface area contributed by atoms with Crippen molar-refractivity contribution in [3.8, 4) is 22.5 Å². The number of aromatic nitrogens is 5. The molecule has 0 aliphatic carbocycles. The summed E-state index contributed by atoms with van der Waals surface area (Å²) in [5.74, 6) is 0.640. The van der Waals surface area contributed by atoms with Gasteiger partial charge in [-0.25, -0.2) is 14.4 Å². The third-order valence-electron chi connectivity index (χ3n) is 4.84. The maximum Gasteiger partial charge on any atom is 0.163 e. The maximum absolute atomic E-state index is 13.6.